The minimum atomic E-state index is -0.239. The smallest absolute Gasteiger partial charge is 0.246 e. The molecule has 0 fully saturated rings. The van der Waals surface area contributed by atoms with E-state index in [0.29, 0.717) is 0 Å². The molecule has 5 rings (SSSR count). The number of hydrogen-bond acceptors (Lipinski definition) is 6. The minimum absolute atomic E-state index is 0.0703. The van der Waals surface area contributed by atoms with E-state index in [-0.39, 0.29) is 18.4 Å². The lowest BCUT2D eigenvalue weighted by atomic mass is 10.1. The minimum Gasteiger partial charge on any atom is -0.373 e. The van der Waals surface area contributed by atoms with Gasteiger partial charge in [0.15, 0.2) is 0 Å². The number of amides is 1. The quantitative estimate of drug-likeness (QED) is 0.405. The second-order valence-corrected chi connectivity index (χ2v) is 7.69. The number of carbonyl (C=O) groups excluding carboxylic acids is 1. The van der Waals surface area contributed by atoms with E-state index in [1.54, 1.807) is 27.8 Å². The predicted molar refractivity (Wildman–Crippen MR) is 126 cm³/mol. The largest absolute Gasteiger partial charge is 0.373 e. The SMILES string of the molecule is Cn1cc(-c2ccc3c(NCC(=O)Nc4ncc(Cc5ccccc5)cn4)cnn3c2)cn1. The fraction of sp³-hybridized carbons (Fsp3) is 0.125. The summed E-state index contributed by atoms with van der Waals surface area (Å²) in [6, 6.07) is 14.1. The number of nitrogens with one attached hydrogen (secondary N) is 2. The van der Waals surface area contributed by atoms with Crippen LogP contribution < -0.4 is 10.6 Å². The molecule has 0 spiro atoms. The van der Waals surface area contributed by atoms with Gasteiger partial charge in [-0.25, -0.2) is 14.5 Å². The van der Waals surface area contributed by atoms with Crippen LogP contribution in [0.25, 0.3) is 16.6 Å². The third-order valence-corrected chi connectivity index (χ3v) is 5.20. The van der Waals surface area contributed by atoms with Crippen LogP contribution in [-0.4, -0.2) is 41.8 Å². The molecule has 2 N–H and O–H groups in total. The van der Waals surface area contributed by atoms with E-state index in [9.17, 15) is 4.79 Å². The molecule has 0 unspecified atom stereocenters. The molecular weight excluding hydrogens is 416 g/mol. The van der Waals surface area contributed by atoms with Crippen molar-refractivity contribution in [2.45, 2.75) is 6.42 Å². The average Bonchev–Trinajstić information content (AvgIpc) is 3.45. The number of nitrogens with zero attached hydrogens (tertiary/aromatic N) is 6. The van der Waals surface area contributed by atoms with Crippen molar-refractivity contribution in [2.75, 3.05) is 17.2 Å². The first kappa shape index (κ1) is 20.4. The number of fused-ring (bicyclic) bond motifs is 1. The molecule has 0 aliphatic heterocycles. The van der Waals surface area contributed by atoms with Gasteiger partial charge in [-0.15, -0.1) is 0 Å². The van der Waals surface area contributed by atoms with Crippen LogP contribution in [0.5, 0.6) is 0 Å². The monoisotopic (exact) mass is 438 g/mol. The molecule has 4 heterocycles. The topological polar surface area (TPSA) is 102 Å². The predicted octanol–water partition coefficient (Wildman–Crippen LogP) is 3.17. The standard InChI is InChI=1S/C24H22N8O/c1-31-15-20(12-28-31)19-7-8-22-21(13-29-32(22)16-19)25-14-23(33)30-24-26-10-18(11-27-24)9-17-5-3-2-4-6-17/h2-8,10-13,15-16,25H,9,14H2,1H3,(H,26,27,30,33). The highest BCUT2D eigenvalue weighted by molar-refractivity contribution is 5.93. The van der Waals surface area contributed by atoms with Crippen LogP contribution in [0.4, 0.5) is 11.6 Å². The van der Waals surface area contributed by atoms with Crippen LogP contribution in [0, 0.1) is 0 Å². The van der Waals surface area contributed by atoms with Gasteiger partial charge in [-0.2, -0.15) is 10.2 Å². The first-order chi connectivity index (χ1) is 16.1. The number of pyridine rings is 1. The summed E-state index contributed by atoms with van der Waals surface area (Å²) < 4.78 is 3.53. The van der Waals surface area contributed by atoms with Gasteiger partial charge < -0.3 is 5.32 Å². The summed E-state index contributed by atoms with van der Waals surface area (Å²) >= 11 is 0. The Bertz CT molecular complexity index is 1390. The second kappa shape index (κ2) is 8.91. The lowest BCUT2D eigenvalue weighted by Gasteiger charge is -2.07. The summed E-state index contributed by atoms with van der Waals surface area (Å²) in [5, 5.41) is 14.4. The molecule has 164 valence electrons. The van der Waals surface area contributed by atoms with Gasteiger partial charge in [-0.05, 0) is 17.2 Å². The Kier molecular flexibility index (Phi) is 5.50. The van der Waals surface area contributed by atoms with Gasteiger partial charge in [0, 0.05) is 49.4 Å². The lowest BCUT2D eigenvalue weighted by Crippen LogP contribution is -2.22. The Morgan fingerprint density at radius 1 is 0.879 bits per heavy atom. The van der Waals surface area contributed by atoms with Crippen molar-refractivity contribution in [3.8, 4) is 11.1 Å². The van der Waals surface area contributed by atoms with Gasteiger partial charge in [0.2, 0.25) is 11.9 Å². The highest BCUT2D eigenvalue weighted by Crippen LogP contribution is 2.22. The molecular formula is C24H22N8O. The summed E-state index contributed by atoms with van der Waals surface area (Å²) in [6.45, 7) is 0.0703. The Hall–Kier alpha value is -4.53. The summed E-state index contributed by atoms with van der Waals surface area (Å²) in [6.07, 6.45) is 11.6. The molecule has 4 aromatic heterocycles. The molecule has 9 nitrogen and oxygen atoms in total. The van der Waals surface area contributed by atoms with Gasteiger partial charge in [0.05, 0.1) is 30.1 Å². The molecule has 5 aromatic rings. The van der Waals surface area contributed by atoms with E-state index in [1.807, 2.05) is 56.0 Å². The summed E-state index contributed by atoms with van der Waals surface area (Å²) in [7, 11) is 1.88. The van der Waals surface area contributed by atoms with Crippen molar-refractivity contribution >= 4 is 23.1 Å². The molecule has 0 bridgehead atoms. The van der Waals surface area contributed by atoms with Crippen molar-refractivity contribution in [3.63, 3.8) is 0 Å². The number of benzene rings is 1. The van der Waals surface area contributed by atoms with Crippen molar-refractivity contribution in [1.82, 2.24) is 29.4 Å². The molecule has 0 atom stereocenters. The summed E-state index contributed by atoms with van der Waals surface area (Å²) in [5.74, 6) is 0.0386. The number of carbonyl (C=O) groups is 1. The van der Waals surface area contributed by atoms with E-state index >= 15 is 0 Å². The fourth-order valence-electron chi connectivity index (χ4n) is 3.55. The van der Waals surface area contributed by atoms with Crippen LogP contribution in [0.1, 0.15) is 11.1 Å². The van der Waals surface area contributed by atoms with Crippen LogP contribution in [-0.2, 0) is 18.3 Å². The van der Waals surface area contributed by atoms with Gasteiger partial charge in [-0.3, -0.25) is 14.8 Å². The molecule has 1 amide bonds. The number of hydrogen-bond donors (Lipinski definition) is 2. The molecule has 1 aromatic carbocycles. The van der Waals surface area contributed by atoms with Gasteiger partial charge in [0.25, 0.3) is 0 Å². The normalized spacial score (nSPS) is 10.9. The summed E-state index contributed by atoms with van der Waals surface area (Å²) in [4.78, 5) is 20.9. The van der Waals surface area contributed by atoms with Crippen molar-refractivity contribution in [2.24, 2.45) is 7.05 Å². The first-order valence-electron chi connectivity index (χ1n) is 10.5. The zero-order valence-corrected chi connectivity index (χ0v) is 18.0. The fourth-order valence-corrected chi connectivity index (χ4v) is 3.55. The molecule has 0 radical (unpaired) electrons. The Balaban J connectivity index is 1.18. The third kappa shape index (κ3) is 4.72. The maximum Gasteiger partial charge on any atom is 0.246 e. The Morgan fingerprint density at radius 2 is 1.70 bits per heavy atom. The van der Waals surface area contributed by atoms with Gasteiger partial charge in [0.1, 0.15) is 0 Å². The van der Waals surface area contributed by atoms with Crippen LogP contribution in [0.15, 0.2) is 79.6 Å². The van der Waals surface area contributed by atoms with Crippen molar-refractivity contribution in [3.05, 3.63) is 90.8 Å². The van der Waals surface area contributed by atoms with Crippen LogP contribution >= 0.6 is 0 Å². The maximum absolute atomic E-state index is 12.4. The van der Waals surface area contributed by atoms with Crippen molar-refractivity contribution < 1.29 is 4.79 Å². The highest BCUT2D eigenvalue weighted by atomic mass is 16.2. The van der Waals surface area contributed by atoms with E-state index in [2.05, 4.69) is 42.9 Å². The van der Waals surface area contributed by atoms with Gasteiger partial charge in [-0.1, -0.05) is 36.4 Å². The highest BCUT2D eigenvalue weighted by Gasteiger charge is 2.10. The lowest BCUT2D eigenvalue weighted by molar-refractivity contribution is -0.114. The van der Waals surface area contributed by atoms with Crippen LogP contribution in [0.3, 0.4) is 0 Å². The molecule has 0 saturated carbocycles. The molecule has 0 aliphatic carbocycles. The molecule has 0 saturated heterocycles. The number of anilines is 2. The maximum atomic E-state index is 12.4. The second-order valence-electron chi connectivity index (χ2n) is 7.69. The zero-order valence-electron chi connectivity index (χ0n) is 18.0. The van der Waals surface area contributed by atoms with Crippen LogP contribution in [0.2, 0.25) is 0 Å². The number of rotatable bonds is 7. The van der Waals surface area contributed by atoms with E-state index in [0.717, 1.165) is 34.3 Å². The van der Waals surface area contributed by atoms with Gasteiger partial charge >= 0.3 is 0 Å². The number of aromatic nitrogens is 6. The van der Waals surface area contributed by atoms with E-state index in [1.165, 1.54) is 5.56 Å². The molecule has 33 heavy (non-hydrogen) atoms. The number of aryl methyl sites for hydroxylation is 1. The summed E-state index contributed by atoms with van der Waals surface area (Å²) in [5.41, 5.74) is 5.82. The third-order valence-electron chi connectivity index (χ3n) is 5.20. The Labute approximate surface area is 190 Å². The van der Waals surface area contributed by atoms with Crippen molar-refractivity contribution in [1.29, 1.82) is 0 Å². The molecule has 9 heteroatoms. The van der Waals surface area contributed by atoms with E-state index < -0.39 is 0 Å². The molecule has 0 aliphatic rings. The average molecular weight is 438 g/mol. The Morgan fingerprint density at radius 3 is 2.45 bits per heavy atom. The van der Waals surface area contributed by atoms with E-state index in [4.69, 9.17) is 0 Å². The zero-order chi connectivity index (χ0) is 22.6. The first-order valence-corrected chi connectivity index (χ1v) is 10.5.